The first-order valence-electron chi connectivity index (χ1n) is 10.3. The number of carbonyl (C=O) groups excluding carboxylic acids is 1. The first-order valence-corrected chi connectivity index (χ1v) is 10.3. The van der Waals surface area contributed by atoms with Crippen molar-refractivity contribution in [2.45, 2.75) is 83.7 Å². The Morgan fingerprint density at radius 1 is 1.16 bits per heavy atom. The minimum absolute atomic E-state index is 0.105. The summed E-state index contributed by atoms with van der Waals surface area (Å²) in [6.45, 7) is 9.31. The molecule has 2 N–H and O–H groups in total. The normalized spacial score (nSPS) is 30.3. The third-order valence-electron chi connectivity index (χ3n) is 6.33. The molecule has 0 aromatic carbocycles. The third-order valence-corrected chi connectivity index (χ3v) is 6.33. The quantitative estimate of drug-likeness (QED) is 0.831. The van der Waals surface area contributed by atoms with Crippen LogP contribution in [0, 0.1) is 11.8 Å². The van der Waals surface area contributed by atoms with Crippen LogP contribution in [0.3, 0.4) is 0 Å². The lowest BCUT2D eigenvalue weighted by Crippen LogP contribution is -2.48. The number of piperidine rings is 1. The van der Waals surface area contributed by atoms with Crippen LogP contribution in [0.5, 0.6) is 0 Å². The molecule has 2 aliphatic heterocycles. The van der Waals surface area contributed by atoms with E-state index in [1.165, 1.54) is 58.0 Å². The summed E-state index contributed by atoms with van der Waals surface area (Å²) in [5.41, 5.74) is 5.48. The monoisotopic (exact) mass is 348 g/mol. The van der Waals surface area contributed by atoms with Gasteiger partial charge in [0.25, 0.3) is 5.91 Å². The van der Waals surface area contributed by atoms with Gasteiger partial charge in [-0.1, -0.05) is 33.1 Å². The van der Waals surface area contributed by atoms with E-state index in [0.29, 0.717) is 17.8 Å². The minimum atomic E-state index is -0.652. The Morgan fingerprint density at radius 2 is 1.80 bits per heavy atom. The lowest BCUT2D eigenvalue weighted by atomic mass is 9.89. The van der Waals surface area contributed by atoms with Crippen molar-refractivity contribution in [3.8, 4) is 0 Å². The summed E-state index contributed by atoms with van der Waals surface area (Å²) < 4.78 is 0. The molecule has 1 atom stereocenters. The molecule has 3 aliphatic rings. The molecular formula is C20H36N4O. The predicted octanol–water partition coefficient (Wildman–Crippen LogP) is 2.99. The number of nitrogens with two attached hydrogens (primary N) is 1. The van der Waals surface area contributed by atoms with Crippen LogP contribution in [0.2, 0.25) is 0 Å². The standard InChI is InChI=1S/C20H36N4O/c1-15(2)13-20(3)18(25)24(19(21)22-20)14-16-9-11-23(12-10-16)17-7-5-4-6-8-17/h15-17H,4-14H2,1-3H3,(H2,21,22). The van der Waals surface area contributed by atoms with Gasteiger partial charge in [0.15, 0.2) is 5.96 Å². The molecule has 0 aromatic rings. The molecule has 0 bridgehead atoms. The number of guanidine groups is 1. The number of amides is 1. The predicted molar refractivity (Wildman–Crippen MR) is 102 cm³/mol. The zero-order chi connectivity index (χ0) is 18.0. The second-order valence-corrected chi connectivity index (χ2v) is 9.03. The van der Waals surface area contributed by atoms with Crippen molar-refractivity contribution < 1.29 is 4.79 Å². The van der Waals surface area contributed by atoms with Crippen molar-refractivity contribution in [3.63, 3.8) is 0 Å². The van der Waals surface area contributed by atoms with E-state index in [1.54, 1.807) is 4.90 Å². The SMILES string of the molecule is CC(C)CC1(C)N=C(N)N(CC2CCN(C3CCCCC3)CC2)C1=O. The number of nitrogens with zero attached hydrogens (tertiary/aromatic N) is 3. The van der Waals surface area contributed by atoms with Gasteiger partial charge in [-0.15, -0.1) is 0 Å². The van der Waals surface area contributed by atoms with Gasteiger partial charge in [0.1, 0.15) is 5.54 Å². The second-order valence-electron chi connectivity index (χ2n) is 9.03. The summed E-state index contributed by atoms with van der Waals surface area (Å²) in [7, 11) is 0. The number of rotatable bonds is 5. The van der Waals surface area contributed by atoms with Crippen LogP contribution in [-0.4, -0.2) is 52.9 Å². The van der Waals surface area contributed by atoms with E-state index in [2.05, 4.69) is 23.7 Å². The summed E-state index contributed by atoms with van der Waals surface area (Å²) in [6, 6.07) is 0.809. The van der Waals surface area contributed by atoms with Crippen molar-refractivity contribution in [1.82, 2.24) is 9.80 Å². The molecule has 0 aromatic heterocycles. The van der Waals surface area contributed by atoms with Gasteiger partial charge in [0.05, 0.1) is 0 Å². The first-order chi connectivity index (χ1) is 11.9. The van der Waals surface area contributed by atoms with Crippen LogP contribution in [0.25, 0.3) is 0 Å². The maximum Gasteiger partial charge on any atom is 0.257 e. The second kappa shape index (κ2) is 7.65. The Kier molecular flexibility index (Phi) is 5.71. The zero-order valence-electron chi connectivity index (χ0n) is 16.3. The fraction of sp³-hybridized carbons (Fsp3) is 0.900. The zero-order valence-corrected chi connectivity index (χ0v) is 16.3. The fourth-order valence-electron chi connectivity index (χ4n) is 5.07. The Bertz CT molecular complexity index is 504. The molecule has 1 saturated carbocycles. The van der Waals surface area contributed by atoms with Crippen molar-refractivity contribution >= 4 is 11.9 Å². The molecule has 142 valence electrons. The van der Waals surface area contributed by atoms with Gasteiger partial charge >= 0.3 is 0 Å². The molecule has 1 amide bonds. The van der Waals surface area contributed by atoms with Crippen LogP contribution in [-0.2, 0) is 4.79 Å². The third kappa shape index (κ3) is 4.18. The highest BCUT2D eigenvalue weighted by Crippen LogP contribution is 2.31. The van der Waals surface area contributed by atoms with Crippen LogP contribution >= 0.6 is 0 Å². The van der Waals surface area contributed by atoms with Crippen molar-refractivity contribution in [2.75, 3.05) is 19.6 Å². The van der Waals surface area contributed by atoms with Gasteiger partial charge in [-0.25, -0.2) is 4.99 Å². The number of carbonyl (C=O) groups is 1. The lowest BCUT2D eigenvalue weighted by Gasteiger charge is -2.40. The van der Waals surface area contributed by atoms with E-state index in [1.807, 2.05) is 6.92 Å². The van der Waals surface area contributed by atoms with Crippen LogP contribution in [0.15, 0.2) is 4.99 Å². The molecule has 2 fully saturated rings. The summed E-state index contributed by atoms with van der Waals surface area (Å²) in [5.74, 6) is 1.53. The molecule has 1 unspecified atom stereocenters. The largest absolute Gasteiger partial charge is 0.369 e. The molecule has 3 rings (SSSR count). The Balaban J connectivity index is 1.52. The smallest absolute Gasteiger partial charge is 0.257 e. The lowest BCUT2D eigenvalue weighted by molar-refractivity contribution is -0.131. The topological polar surface area (TPSA) is 61.9 Å². The van der Waals surface area contributed by atoms with Gasteiger partial charge in [-0.05, 0) is 64.0 Å². The van der Waals surface area contributed by atoms with E-state index in [0.717, 1.165) is 19.0 Å². The highest BCUT2D eigenvalue weighted by molar-refractivity contribution is 6.06. The van der Waals surface area contributed by atoms with E-state index < -0.39 is 5.54 Å². The average Bonchev–Trinajstić information content (AvgIpc) is 2.78. The van der Waals surface area contributed by atoms with Crippen molar-refractivity contribution in [1.29, 1.82) is 0 Å². The Hall–Kier alpha value is -1.10. The highest BCUT2D eigenvalue weighted by Gasteiger charge is 2.44. The molecule has 1 saturated heterocycles. The summed E-state index contributed by atoms with van der Waals surface area (Å²) >= 11 is 0. The molecule has 2 heterocycles. The van der Waals surface area contributed by atoms with Gasteiger partial charge in [-0.2, -0.15) is 0 Å². The number of likely N-dealkylation sites (tertiary alicyclic amines) is 1. The molecule has 1 aliphatic carbocycles. The fourth-order valence-corrected chi connectivity index (χ4v) is 5.07. The van der Waals surface area contributed by atoms with E-state index in [4.69, 9.17) is 5.73 Å². The van der Waals surface area contributed by atoms with Gasteiger partial charge in [-0.3, -0.25) is 9.69 Å². The molecule has 25 heavy (non-hydrogen) atoms. The highest BCUT2D eigenvalue weighted by atomic mass is 16.2. The van der Waals surface area contributed by atoms with E-state index >= 15 is 0 Å². The molecule has 5 nitrogen and oxygen atoms in total. The molecular weight excluding hydrogens is 312 g/mol. The molecule has 0 radical (unpaired) electrons. The summed E-state index contributed by atoms with van der Waals surface area (Å²) in [5, 5.41) is 0. The van der Waals surface area contributed by atoms with Gasteiger partial charge < -0.3 is 10.6 Å². The Morgan fingerprint density at radius 3 is 2.40 bits per heavy atom. The maximum absolute atomic E-state index is 12.9. The van der Waals surface area contributed by atoms with E-state index in [9.17, 15) is 4.79 Å². The van der Waals surface area contributed by atoms with Crippen molar-refractivity contribution in [3.05, 3.63) is 0 Å². The number of aliphatic imine (C=N–C) groups is 1. The Labute approximate surface area is 153 Å². The van der Waals surface area contributed by atoms with E-state index in [-0.39, 0.29) is 5.91 Å². The number of hydrogen-bond donors (Lipinski definition) is 1. The minimum Gasteiger partial charge on any atom is -0.369 e. The van der Waals surface area contributed by atoms with Gasteiger partial charge in [0.2, 0.25) is 0 Å². The molecule has 0 spiro atoms. The maximum atomic E-state index is 12.9. The number of hydrogen-bond acceptors (Lipinski definition) is 4. The summed E-state index contributed by atoms with van der Waals surface area (Å²) in [6.07, 6.45) is 10.1. The molecule has 5 heteroatoms. The van der Waals surface area contributed by atoms with Gasteiger partial charge in [0, 0.05) is 12.6 Å². The van der Waals surface area contributed by atoms with Crippen LogP contribution in [0.4, 0.5) is 0 Å². The van der Waals surface area contributed by atoms with Crippen molar-refractivity contribution in [2.24, 2.45) is 22.6 Å². The van der Waals surface area contributed by atoms with Crippen LogP contribution < -0.4 is 5.73 Å². The van der Waals surface area contributed by atoms with Crippen LogP contribution in [0.1, 0.15) is 72.1 Å². The summed E-state index contributed by atoms with van der Waals surface area (Å²) in [4.78, 5) is 21.9. The average molecular weight is 349 g/mol. The first kappa shape index (κ1) is 18.7.